The molecule has 0 amide bonds. The lowest BCUT2D eigenvalue weighted by atomic mass is 9.52. The van der Waals surface area contributed by atoms with E-state index in [1.165, 1.54) is 7.11 Å². The standard InChI is InChI=1S/C9H13BrO3/c1-12-7(11)9-2-8(3-9,4-10)5-13-6-9/h2-6H2,1H3. The van der Waals surface area contributed by atoms with Gasteiger partial charge in [-0.15, -0.1) is 0 Å². The number of alkyl halides is 1. The van der Waals surface area contributed by atoms with Gasteiger partial charge in [0, 0.05) is 10.7 Å². The second-order valence-corrected chi connectivity index (χ2v) is 4.81. The molecule has 1 aliphatic carbocycles. The van der Waals surface area contributed by atoms with Crippen LogP contribution in [0.2, 0.25) is 0 Å². The molecule has 0 N–H and O–H groups in total. The van der Waals surface area contributed by atoms with E-state index in [0.29, 0.717) is 6.61 Å². The van der Waals surface area contributed by atoms with Gasteiger partial charge in [0.1, 0.15) is 0 Å². The van der Waals surface area contributed by atoms with Crippen LogP contribution in [0.5, 0.6) is 0 Å². The molecule has 3 rings (SSSR count). The maximum Gasteiger partial charge on any atom is 0.314 e. The Kier molecular flexibility index (Phi) is 2.15. The van der Waals surface area contributed by atoms with Crippen molar-refractivity contribution in [1.82, 2.24) is 0 Å². The average molecular weight is 249 g/mol. The molecule has 0 aromatic carbocycles. The molecule has 3 fully saturated rings. The Hall–Kier alpha value is -0.0900. The first-order valence-electron chi connectivity index (χ1n) is 4.39. The molecule has 0 aromatic rings. The number of methoxy groups -OCH3 is 1. The van der Waals surface area contributed by atoms with Crippen LogP contribution in [0.1, 0.15) is 12.8 Å². The molecule has 2 saturated heterocycles. The number of esters is 1. The zero-order chi connectivity index (χ0) is 9.53. The van der Waals surface area contributed by atoms with Gasteiger partial charge in [0.05, 0.1) is 25.7 Å². The molecule has 0 radical (unpaired) electrons. The number of halogens is 1. The number of rotatable bonds is 2. The van der Waals surface area contributed by atoms with E-state index in [9.17, 15) is 4.79 Å². The van der Waals surface area contributed by atoms with E-state index in [0.717, 1.165) is 24.8 Å². The van der Waals surface area contributed by atoms with E-state index in [4.69, 9.17) is 9.47 Å². The fourth-order valence-electron chi connectivity index (χ4n) is 2.60. The summed E-state index contributed by atoms with van der Waals surface area (Å²) in [5, 5.41) is 0.915. The minimum atomic E-state index is -0.319. The summed E-state index contributed by atoms with van der Waals surface area (Å²) in [6.45, 7) is 1.31. The zero-order valence-electron chi connectivity index (χ0n) is 7.64. The van der Waals surface area contributed by atoms with Gasteiger partial charge in [0.2, 0.25) is 0 Å². The van der Waals surface area contributed by atoms with Gasteiger partial charge in [-0.25, -0.2) is 0 Å². The van der Waals surface area contributed by atoms with Crippen molar-refractivity contribution in [1.29, 1.82) is 0 Å². The minimum Gasteiger partial charge on any atom is -0.469 e. The summed E-state index contributed by atoms with van der Waals surface area (Å²) in [5.74, 6) is -0.108. The van der Waals surface area contributed by atoms with Gasteiger partial charge in [-0.05, 0) is 12.8 Å². The summed E-state index contributed by atoms with van der Waals surface area (Å²) >= 11 is 3.47. The summed E-state index contributed by atoms with van der Waals surface area (Å²) in [6.07, 6.45) is 1.83. The smallest absolute Gasteiger partial charge is 0.314 e. The molecule has 0 unspecified atom stereocenters. The molecule has 3 aliphatic rings. The van der Waals surface area contributed by atoms with E-state index >= 15 is 0 Å². The Morgan fingerprint density at radius 3 is 2.77 bits per heavy atom. The third-order valence-electron chi connectivity index (χ3n) is 3.12. The third kappa shape index (κ3) is 1.22. The Bertz CT molecular complexity index is 233. The Morgan fingerprint density at radius 1 is 1.54 bits per heavy atom. The quantitative estimate of drug-likeness (QED) is 0.547. The predicted molar refractivity (Wildman–Crippen MR) is 50.7 cm³/mol. The first kappa shape index (κ1) is 9.46. The molecule has 2 bridgehead atoms. The molecule has 4 heteroatoms. The van der Waals surface area contributed by atoms with Crippen LogP contribution in [0, 0.1) is 10.8 Å². The van der Waals surface area contributed by atoms with E-state index in [1.807, 2.05) is 0 Å². The van der Waals surface area contributed by atoms with E-state index in [1.54, 1.807) is 0 Å². The van der Waals surface area contributed by atoms with Crippen LogP contribution in [-0.4, -0.2) is 31.6 Å². The molecule has 2 heterocycles. The highest BCUT2D eigenvalue weighted by Gasteiger charge is 2.62. The van der Waals surface area contributed by atoms with Gasteiger partial charge >= 0.3 is 5.97 Å². The predicted octanol–water partition coefficient (Wildman–Crippen LogP) is 1.35. The largest absolute Gasteiger partial charge is 0.469 e. The molecule has 0 aromatic heterocycles. The van der Waals surface area contributed by atoms with Crippen molar-refractivity contribution >= 4 is 21.9 Å². The lowest BCUT2D eigenvalue weighted by Gasteiger charge is -2.57. The summed E-state index contributed by atoms with van der Waals surface area (Å²) in [7, 11) is 1.44. The molecule has 3 nitrogen and oxygen atoms in total. The van der Waals surface area contributed by atoms with E-state index < -0.39 is 0 Å². The number of fused-ring (bicyclic) bond motifs is 2. The van der Waals surface area contributed by atoms with Crippen molar-refractivity contribution < 1.29 is 14.3 Å². The molecule has 74 valence electrons. The van der Waals surface area contributed by atoms with Gasteiger partial charge in [-0.2, -0.15) is 0 Å². The summed E-state index contributed by atoms with van der Waals surface area (Å²) < 4.78 is 10.2. The Morgan fingerprint density at radius 2 is 2.23 bits per heavy atom. The highest BCUT2D eigenvalue weighted by Crippen LogP contribution is 2.59. The summed E-state index contributed by atoms with van der Waals surface area (Å²) in [6, 6.07) is 0. The van der Waals surface area contributed by atoms with Crippen LogP contribution in [0.15, 0.2) is 0 Å². The number of hydrogen-bond donors (Lipinski definition) is 0. The average Bonchev–Trinajstić information content (AvgIpc) is 2.15. The van der Waals surface area contributed by atoms with Gasteiger partial charge < -0.3 is 9.47 Å². The lowest BCUT2D eigenvalue weighted by Crippen LogP contribution is -2.61. The van der Waals surface area contributed by atoms with E-state index in [2.05, 4.69) is 15.9 Å². The first-order valence-corrected chi connectivity index (χ1v) is 5.51. The normalized spacial score (nSPS) is 42.3. The van der Waals surface area contributed by atoms with Crippen LogP contribution in [0.3, 0.4) is 0 Å². The SMILES string of the molecule is COC(=O)C12COCC(CBr)(C1)C2. The molecule has 0 spiro atoms. The van der Waals surface area contributed by atoms with Crippen molar-refractivity contribution in [3.63, 3.8) is 0 Å². The van der Waals surface area contributed by atoms with Crippen molar-refractivity contribution in [3.05, 3.63) is 0 Å². The minimum absolute atomic E-state index is 0.108. The lowest BCUT2D eigenvalue weighted by molar-refractivity contribution is -0.208. The molecule has 1 saturated carbocycles. The second-order valence-electron chi connectivity index (χ2n) is 4.25. The fourth-order valence-corrected chi connectivity index (χ4v) is 3.16. The maximum atomic E-state index is 11.5. The van der Waals surface area contributed by atoms with Gasteiger partial charge in [-0.1, -0.05) is 15.9 Å². The monoisotopic (exact) mass is 248 g/mol. The maximum absolute atomic E-state index is 11.5. The number of hydrogen-bond acceptors (Lipinski definition) is 3. The summed E-state index contributed by atoms with van der Waals surface area (Å²) in [5.41, 5.74) is -0.118. The van der Waals surface area contributed by atoms with Crippen molar-refractivity contribution in [3.8, 4) is 0 Å². The number of carbonyl (C=O) groups excluding carboxylic acids is 1. The van der Waals surface area contributed by atoms with Crippen LogP contribution in [0.4, 0.5) is 0 Å². The Labute approximate surface area is 85.9 Å². The van der Waals surface area contributed by atoms with Gasteiger partial charge in [-0.3, -0.25) is 4.79 Å². The van der Waals surface area contributed by atoms with Crippen LogP contribution >= 0.6 is 15.9 Å². The Balaban J connectivity index is 2.10. The third-order valence-corrected chi connectivity index (χ3v) is 4.30. The van der Waals surface area contributed by atoms with Gasteiger partial charge in [0.25, 0.3) is 0 Å². The number of ether oxygens (including phenoxy) is 2. The second kappa shape index (κ2) is 2.95. The van der Waals surface area contributed by atoms with Crippen molar-refractivity contribution in [2.45, 2.75) is 12.8 Å². The van der Waals surface area contributed by atoms with Crippen LogP contribution < -0.4 is 0 Å². The fraction of sp³-hybridized carbons (Fsp3) is 0.889. The zero-order valence-corrected chi connectivity index (χ0v) is 9.22. The van der Waals surface area contributed by atoms with Gasteiger partial charge in [0.15, 0.2) is 0 Å². The van der Waals surface area contributed by atoms with Crippen molar-refractivity contribution in [2.24, 2.45) is 10.8 Å². The first-order chi connectivity index (χ1) is 6.16. The molecule has 2 aliphatic heterocycles. The van der Waals surface area contributed by atoms with E-state index in [-0.39, 0.29) is 16.8 Å². The molecule has 13 heavy (non-hydrogen) atoms. The van der Waals surface area contributed by atoms with Crippen LogP contribution in [0.25, 0.3) is 0 Å². The molecular weight excluding hydrogens is 236 g/mol. The number of carbonyl (C=O) groups is 1. The summed E-state index contributed by atoms with van der Waals surface area (Å²) in [4.78, 5) is 11.5. The van der Waals surface area contributed by atoms with Crippen LogP contribution in [-0.2, 0) is 14.3 Å². The molecular formula is C9H13BrO3. The topological polar surface area (TPSA) is 35.5 Å². The highest BCUT2D eigenvalue weighted by atomic mass is 79.9. The van der Waals surface area contributed by atoms with Crippen molar-refractivity contribution in [2.75, 3.05) is 25.7 Å². The highest BCUT2D eigenvalue weighted by molar-refractivity contribution is 9.09. The molecule has 0 atom stereocenters.